The second-order valence-corrected chi connectivity index (χ2v) is 6.40. The number of nitrogens with zero attached hydrogens (tertiary/aromatic N) is 3. The first kappa shape index (κ1) is 17.2. The Labute approximate surface area is 148 Å². The van der Waals surface area contributed by atoms with Gasteiger partial charge in [-0.3, -0.25) is 4.79 Å². The average Bonchev–Trinajstić information content (AvgIpc) is 3.12. The van der Waals surface area contributed by atoms with Crippen molar-refractivity contribution in [1.82, 2.24) is 15.5 Å². The van der Waals surface area contributed by atoms with Crippen LogP contribution in [0.1, 0.15) is 34.5 Å². The number of aryl methyl sites for hydroxylation is 2. The summed E-state index contributed by atoms with van der Waals surface area (Å²) in [5.74, 6) is 1.43. The first-order valence-electron chi connectivity index (χ1n) is 8.70. The lowest BCUT2D eigenvalue weighted by atomic mass is 10.1. The minimum Gasteiger partial charge on any atom is -0.492 e. The molecular weight excluding hydrogens is 316 g/mol. The molecule has 0 aliphatic carbocycles. The van der Waals surface area contributed by atoms with Gasteiger partial charge in [0.2, 0.25) is 0 Å². The summed E-state index contributed by atoms with van der Waals surface area (Å²) in [4.78, 5) is 14.3. The standard InChI is InChI=1S/C19H24N4O2/c1-14-11-15(2)13-16(12-14)25-10-7-20-19(24)17-5-6-18(22-21-17)23-8-3-4-9-23/h5-6,11-13H,3-4,7-10H2,1-2H3,(H,20,24). The zero-order valence-electron chi connectivity index (χ0n) is 14.8. The van der Waals surface area contributed by atoms with E-state index in [0.29, 0.717) is 18.8 Å². The summed E-state index contributed by atoms with van der Waals surface area (Å²) in [6.45, 7) is 6.92. The lowest BCUT2D eigenvalue weighted by molar-refractivity contribution is 0.0941. The zero-order chi connectivity index (χ0) is 17.6. The van der Waals surface area contributed by atoms with E-state index in [1.807, 2.05) is 32.0 Å². The number of nitrogens with one attached hydrogen (secondary N) is 1. The van der Waals surface area contributed by atoms with Gasteiger partial charge in [0.25, 0.3) is 5.91 Å². The first-order valence-corrected chi connectivity index (χ1v) is 8.70. The van der Waals surface area contributed by atoms with E-state index >= 15 is 0 Å². The molecule has 1 amide bonds. The van der Waals surface area contributed by atoms with Crippen molar-refractivity contribution >= 4 is 11.7 Å². The fourth-order valence-corrected chi connectivity index (χ4v) is 3.00. The Balaban J connectivity index is 1.45. The minimum absolute atomic E-state index is 0.232. The molecule has 2 heterocycles. The van der Waals surface area contributed by atoms with Gasteiger partial charge >= 0.3 is 0 Å². The van der Waals surface area contributed by atoms with Crippen LogP contribution in [0, 0.1) is 13.8 Å². The zero-order valence-corrected chi connectivity index (χ0v) is 14.8. The van der Waals surface area contributed by atoms with Gasteiger partial charge < -0.3 is 15.0 Å². The Morgan fingerprint density at radius 1 is 1.12 bits per heavy atom. The molecule has 25 heavy (non-hydrogen) atoms. The van der Waals surface area contributed by atoms with Crippen LogP contribution in [0.5, 0.6) is 5.75 Å². The van der Waals surface area contributed by atoms with Crippen LogP contribution in [-0.2, 0) is 0 Å². The van der Waals surface area contributed by atoms with E-state index in [2.05, 4.69) is 26.5 Å². The molecule has 1 saturated heterocycles. The van der Waals surface area contributed by atoms with Crippen LogP contribution in [0.25, 0.3) is 0 Å². The molecule has 0 unspecified atom stereocenters. The molecule has 0 saturated carbocycles. The fraction of sp³-hybridized carbons (Fsp3) is 0.421. The molecule has 6 nitrogen and oxygen atoms in total. The highest BCUT2D eigenvalue weighted by molar-refractivity contribution is 5.92. The van der Waals surface area contributed by atoms with E-state index < -0.39 is 0 Å². The molecule has 1 aromatic carbocycles. The Morgan fingerprint density at radius 2 is 1.84 bits per heavy atom. The van der Waals surface area contributed by atoms with Crippen LogP contribution in [0.3, 0.4) is 0 Å². The summed E-state index contributed by atoms with van der Waals surface area (Å²) in [7, 11) is 0. The van der Waals surface area contributed by atoms with Gasteiger partial charge in [0.1, 0.15) is 12.4 Å². The molecule has 6 heteroatoms. The molecule has 1 N–H and O–H groups in total. The van der Waals surface area contributed by atoms with E-state index in [1.54, 1.807) is 6.07 Å². The van der Waals surface area contributed by atoms with Gasteiger partial charge in [-0.1, -0.05) is 6.07 Å². The smallest absolute Gasteiger partial charge is 0.271 e. The summed E-state index contributed by atoms with van der Waals surface area (Å²) in [6, 6.07) is 9.65. The molecule has 1 fully saturated rings. The predicted octanol–water partition coefficient (Wildman–Crippen LogP) is 2.50. The van der Waals surface area contributed by atoms with Crippen LogP contribution < -0.4 is 15.0 Å². The van der Waals surface area contributed by atoms with Gasteiger partial charge in [-0.2, -0.15) is 0 Å². The van der Waals surface area contributed by atoms with Crippen LogP contribution in [-0.4, -0.2) is 42.3 Å². The number of benzene rings is 1. The van der Waals surface area contributed by atoms with Crippen molar-refractivity contribution in [3.05, 3.63) is 47.2 Å². The van der Waals surface area contributed by atoms with Crippen LogP contribution in [0.2, 0.25) is 0 Å². The molecule has 132 valence electrons. The van der Waals surface area contributed by atoms with E-state index in [4.69, 9.17) is 4.74 Å². The number of anilines is 1. The Bertz CT molecular complexity index is 704. The number of amides is 1. The molecule has 0 radical (unpaired) electrons. The Hall–Kier alpha value is -2.63. The molecule has 0 bridgehead atoms. The third-order valence-electron chi connectivity index (χ3n) is 4.16. The maximum absolute atomic E-state index is 12.1. The van der Waals surface area contributed by atoms with Crippen molar-refractivity contribution in [3.8, 4) is 5.75 Å². The van der Waals surface area contributed by atoms with Gasteiger partial charge in [0, 0.05) is 13.1 Å². The lowest BCUT2D eigenvalue weighted by Crippen LogP contribution is -2.29. The highest BCUT2D eigenvalue weighted by Crippen LogP contribution is 2.17. The fourth-order valence-electron chi connectivity index (χ4n) is 3.00. The number of carbonyl (C=O) groups is 1. The molecule has 1 aliphatic rings. The van der Waals surface area contributed by atoms with Crippen molar-refractivity contribution in [2.75, 3.05) is 31.1 Å². The number of hydrogen-bond acceptors (Lipinski definition) is 5. The van der Waals surface area contributed by atoms with Gasteiger partial charge in [-0.15, -0.1) is 10.2 Å². The van der Waals surface area contributed by atoms with Gasteiger partial charge in [-0.05, 0) is 62.1 Å². The maximum atomic E-state index is 12.1. The highest BCUT2D eigenvalue weighted by atomic mass is 16.5. The predicted molar refractivity (Wildman–Crippen MR) is 97.2 cm³/mol. The number of aromatic nitrogens is 2. The molecule has 0 atom stereocenters. The summed E-state index contributed by atoms with van der Waals surface area (Å²) in [5.41, 5.74) is 2.65. The maximum Gasteiger partial charge on any atom is 0.271 e. The average molecular weight is 340 g/mol. The minimum atomic E-state index is -0.232. The van der Waals surface area contributed by atoms with E-state index in [1.165, 1.54) is 12.8 Å². The molecule has 0 spiro atoms. The second-order valence-electron chi connectivity index (χ2n) is 6.40. The normalized spacial score (nSPS) is 13.8. The monoisotopic (exact) mass is 340 g/mol. The highest BCUT2D eigenvalue weighted by Gasteiger charge is 2.15. The van der Waals surface area contributed by atoms with Crippen molar-refractivity contribution in [3.63, 3.8) is 0 Å². The molecule has 1 aliphatic heterocycles. The van der Waals surface area contributed by atoms with Gasteiger partial charge in [0.15, 0.2) is 11.5 Å². The number of ether oxygens (including phenoxy) is 1. The second kappa shape index (κ2) is 7.96. The SMILES string of the molecule is Cc1cc(C)cc(OCCNC(=O)c2ccc(N3CCCC3)nn2)c1. The molecule has 1 aromatic heterocycles. The van der Waals surface area contributed by atoms with Crippen LogP contribution in [0.15, 0.2) is 30.3 Å². The van der Waals surface area contributed by atoms with Crippen molar-refractivity contribution < 1.29 is 9.53 Å². The summed E-state index contributed by atoms with van der Waals surface area (Å²) in [6.07, 6.45) is 2.37. The molecule has 2 aromatic rings. The van der Waals surface area contributed by atoms with Crippen molar-refractivity contribution in [1.29, 1.82) is 0 Å². The number of rotatable bonds is 6. The van der Waals surface area contributed by atoms with E-state index in [0.717, 1.165) is 35.8 Å². The number of hydrogen-bond donors (Lipinski definition) is 1. The van der Waals surface area contributed by atoms with Crippen LogP contribution >= 0.6 is 0 Å². The number of carbonyl (C=O) groups excluding carboxylic acids is 1. The molecule has 3 rings (SSSR count). The van der Waals surface area contributed by atoms with Crippen molar-refractivity contribution in [2.24, 2.45) is 0 Å². The van der Waals surface area contributed by atoms with Crippen molar-refractivity contribution in [2.45, 2.75) is 26.7 Å². The third kappa shape index (κ3) is 4.68. The Kier molecular flexibility index (Phi) is 5.48. The van der Waals surface area contributed by atoms with E-state index in [-0.39, 0.29) is 5.91 Å². The van der Waals surface area contributed by atoms with Crippen LogP contribution in [0.4, 0.5) is 5.82 Å². The summed E-state index contributed by atoms with van der Waals surface area (Å²) >= 11 is 0. The van der Waals surface area contributed by atoms with Gasteiger partial charge in [0.05, 0.1) is 6.54 Å². The summed E-state index contributed by atoms with van der Waals surface area (Å²) < 4.78 is 5.68. The Morgan fingerprint density at radius 3 is 2.48 bits per heavy atom. The van der Waals surface area contributed by atoms with E-state index in [9.17, 15) is 4.79 Å². The van der Waals surface area contributed by atoms with Gasteiger partial charge in [-0.25, -0.2) is 0 Å². The topological polar surface area (TPSA) is 67.3 Å². The first-order chi connectivity index (χ1) is 12.1. The summed E-state index contributed by atoms with van der Waals surface area (Å²) in [5, 5.41) is 11.0. The molecular formula is C19H24N4O2. The largest absolute Gasteiger partial charge is 0.492 e. The third-order valence-corrected chi connectivity index (χ3v) is 4.16. The lowest BCUT2D eigenvalue weighted by Gasteiger charge is -2.15. The quantitative estimate of drug-likeness (QED) is 0.819.